The summed E-state index contributed by atoms with van der Waals surface area (Å²) in [5, 5.41) is 3.44. The molecular formula is C22H27ClN2O4S. The Balaban J connectivity index is 1.61. The molecule has 0 heterocycles. The third-order valence-electron chi connectivity index (χ3n) is 5.29. The highest BCUT2D eigenvalue weighted by Crippen LogP contribution is 2.31. The number of sulfonamides is 1. The highest BCUT2D eigenvalue weighted by atomic mass is 35.5. The Labute approximate surface area is 183 Å². The monoisotopic (exact) mass is 450 g/mol. The Bertz CT molecular complexity index is 1010. The average Bonchev–Trinajstić information content (AvgIpc) is 2.70. The van der Waals surface area contributed by atoms with Crippen molar-refractivity contribution in [2.75, 3.05) is 24.2 Å². The number of hydrogen-bond acceptors (Lipinski definition) is 4. The van der Waals surface area contributed by atoms with Crippen molar-refractivity contribution in [3.05, 3.63) is 58.6 Å². The zero-order valence-electron chi connectivity index (χ0n) is 17.2. The summed E-state index contributed by atoms with van der Waals surface area (Å²) >= 11 is 6.15. The van der Waals surface area contributed by atoms with Gasteiger partial charge in [0.05, 0.1) is 30.1 Å². The molecule has 1 aliphatic rings. The fourth-order valence-corrected chi connectivity index (χ4v) is 5.06. The smallest absolute Gasteiger partial charge is 0.232 e. The summed E-state index contributed by atoms with van der Waals surface area (Å²) in [6, 6.07) is 13.0. The van der Waals surface area contributed by atoms with E-state index in [4.69, 9.17) is 16.3 Å². The molecule has 0 bridgehead atoms. The Morgan fingerprint density at radius 3 is 2.73 bits per heavy atom. The highest BCUT2D eigenvalue weighted by molar-refractivity contribution is 7.92. The molecule has 8 heteroatoms. The van der Waals surface area contributed by atoms with Crippen molar-refractivity contribution < 1.29 is 17.9 Å². The molecule has 2 aromatic carbocycles. The Hall–Kier alpha value is -2.25. The van der Waals surface area contributed by atoms with Crippen LogP contribution in [-0.2, 0) is 21.2 Å². The van der Waals surface area contributed by atoms with E-state index in [0.29, 0.717) is 22.9 Å². The van der Waals surface area contributed by atoms with E-state index in [1.165, 1.54) is 22.5 Å². The minimum Gasteiger partial charge on any atom is -0.495 e. The van der Waals surface area contributed by atoms with Crippen molar-refractivity contribution in [3.8, 4) is 5.75 Å². The number of aryl methyl sites for hydroxylation is 1. The van der Waals surface area contributed by atoms with Crippen molar-refractivity contribution >= 4 is 33.2 Å². The van der Waals surface area contributed by atoms with Crippen molar-refractivity contribution in [1.29, 1.82) is 0 Å². The van der Waals surface area contributed by atoms with Crippen LogP contribution in [0.3, 0.4) is 0 Å². The van der Waals surface area contributed by atoms with Crippen LogP contribution in [0.5, 0.6) is 5.75 Å². The second kappa shape index (κ2) is 9.71. The molecule has 6 nitrogen and oxygen atoms in total. The van der Waals surface area contributed by atoms with E-state index in [1.54, 1.807) is 18.2 Å². The Kier molecular flexibility index (Phi) is 7.26. The van der Waals surface area contributed by atoms with E-state index in [0.717, 1.165) is 25.5 Å². The number of halogens is 1. The Morgan fingerprint density at radius 2 is 2.03 bits per heavy atom. The minimum atomic E-state index is -3.52. The number of ether oxygens (including phenoxy) is 1. The van der Waals surface area contributed by atoms with Crippen molar-refractivity contribution in [3.63, 3.8) is 0 Å². The number of methoxy groups -OCH3 is 1. The van der Waals surface area contributed by atoms with Crippen LogP contribution in [0.2, 0.25) is 5.02 Å². The molecule has 0 radical (unpaired) electrons. The first-order valence-electron chi connectivity index (χ1n) is 9.98. The van der Waals surface area contributed by atoms with E-state index >= 15 is 0 Å². The van der Waals surface area contributed by atoms with Gasteiger partial charge in [0.1, 0.15) is 5.75 Å². The molecule has 162 valence electrons. The summed E-state index contributed by atoms with van der Waals surface area (Å²) in [5.41, 5.74) is 2.92. The maximum absolute atomic E-state index is 12.5. The lowest BCUT2D eigenvalue weighted by Crippen LogP contribution is -2.33. The van der Waals surface area contributed by atoms with Gasteiger partial charge in [-0.15, -0.1) is 0 Å². The molecule has 1 amide bonds. The van der Waals surface area contributed by atoms with Crippen molar-refractivity contribution in [2.45, 2.75) is 38.1 Å². The first-order chi connectivity index (χ1) is 14.3. The molecule has 0 fully saturated rings. The highest BCUT2D eigenvalue weighted by Gasteiger charge is 2.22. The maximum atomic E-state index is 12.5. The predicted molar refractivity (Wildman–Crippen MR) is 120 cm³/mol. The van der Waals surface area contributed by atoms with E-state index in [1.807, 2.05) is 12.1 Å². The third kappa shape index (κ3) is 5.46. The van der Waals surface area contributed by atoms with Crippen LogP contribution in [0.25, 0.3) is 0 Å². The summed E-state index contributed by atoms with van der Waals surface area (Å²) < 4.78 is 30.9. The molecule has 0 saturated heterocycles. The maximum Gasteiger partial charge on any atom is 0.232 e. The molecule has 30 heavy (non-hydrogen) atoms. The lowest BCUT2D eigenvalue weighted by molar-refractivity contribution is -0.122. The number of rotatable bonds is 8. The molecule has 1 aliphatic carbocycles. The van der Waals surface area contributed by atoms with Crippen LogP contribution < -0.4 is 14.4 Å². The molecule has 3 rings (SSSR count). The zero-order valence-corrected chi connectivity index (χ0v) is 18.8. The van der Waals surface area contributed by atoms with E-state index in [-0.39, 0.29) is 24.9 Å². The van der Waals surface area contributed by atoms with Gasteiger partial charge in [0.2, 0.25) is 15.9 Å². The number of carbonyl (C=O) groups excluding carboxylic acids is 1. The van der Waals surface area contributed by atoms with Gasteiger partial charge < -0.3 is 10.1 Å². The number of amides is 1. The number of nitrogens with one attached hydrogen (secondary N) is 1. The normalized spacial score (nSPS) is 15.9. The number of nitrogens with zero attached hydrogens (tertiary/aromatic N) is 1. The average molecular weight is 451 g/mol. The van der Waals surface area contributed by atoms with Crippen LogP contribution in [0, 0.1) is 0 Å². The molecule has 1 unspecified atom stereocenters. The number of carbonyl (C=O) groups is 1. The predicted octanol–water partition coefficient (Wildman–Crippen LogP) is 4.09. The summed E-state index contributed by atoms with van der Waals surface area (Å²) in [6.45, 7) is 0.191. The third-order valence-corrected chi connectivity index (χ3v) is 6.78. The summed E-state index contributed by atoms with van der Waals surface area (Å²) in [4.78, 5) is 12.5. The fourth-order valence-electron chi connectivity index (χ4n) is 3.85. The quantitative estimate of drug-likeness (QED) is 0.657. The van der Waals surface area contributed by atoms with Crippen LogP contribution in [0.1, 0.15) is 42.9 Å². The number of benzene rings is 2. The fraction of sp³-hybridized carbons (Fsp3) is 0.409. The zero-order chi connectivity index (χ0) is 21.7. The van der Waals surface area contributed by atoms with E-state index in [2.05, 4.69) is 17.4 Å². The SMILES string of the molecule is COc1ccc(N(CCCC(=O)NC2CCCc3ccccc32)S(C)(=O)=O)cc1Cl. The largest absolute Gasteiger partial charge is 0.495 e. The van der Waals surface area contributed by atoms with Gasteiger partial charge in [-0.25, -0.2) is 8.42 Å². The van der Waals surface area contributed by atoms with Gasteiger partial charge in [0.15, 0.2) is 0 Å². The van der Waals surface area contributed by atoms with Gasteiger partial charge in [-0.05, 0) is 55.0 Å². The van der Waals surface area contributed by atoms with Crippen molar-refractivity contribution in [2.24, 2.45) is 0 Å². The Morgan fingerprint density at radius 1 is 1.27 bits per heavy atom. The minimum absolute atomic E-state index is 0.0221. The number of fused-ring (bicyclic) bond motifs is 1. The van der Waals surface area contributed by atoms with Gasteiger partial charge in [0, 0.05) is 13.0 Å². The molecule has 0 saturated carbocycles. The second-order valence-electron chi connectivity index (χ2n) is 7.47. The van der Waals surface area contributed by atoms with Gasteiger partial charge in [0.25, 0.3) is 0 Å². The van der Waals surface area contributed by atoms with Crippen LogP contribution in [0.15, 0.2) is 42.5 Å². The van der Waals surface area contributed by atoms with Gasteiger partial charge in [-0.3, -0.25) is 9.10 Å². The molecule has 0 aliphatic heterocycles. The number of anilines is 1. The van der Waals surface area contributed by atoms with Crippen LogP contribution in [-0.4, -0.2) is 34.2 Å². The molecule has 0 aromatic heterocycles. The number of hydrogen-bond donors (Lipinski definition) is 1. The second-order valence-corrected chi connectivity index (χ2v) is 9.78. The van der Waals surface area contributed by atoms with E-state index < -0.39 is 10.0 Å². The summed E-state index contributed by atoms with van der Waals surface area (Å²) in [5.74, 6) is 0.402. The van der Waals surface area contributed by atoms with Gasteiger partial charge in [-0.1, -0.05) is 35.9 Å². The molecule has 2 aromatic rings. The van der Waals surface area contributed by atoms with E-state index in [9.17, 15) is 13.2 Å². The first-order valence-corrected chi connectivity index (χ1v) is 12.2. The summed E-state index contributed by atoms with van der Waals surface area (Å²) in [7, 11) is -2.02. The molecule has 1 atom stereocenters. The lowest BCUT2D eigenvalue weighted by atomic mass is 9.87. The first kappa shape index (κ1) is 22.4. The standard InChI is InChI=1S/C22H27ClN2O4S/c1-29-21-13-12-17(15-19(21)23)25(30(2,27)28)14-6-11-22(26)24-20-10-5-8-16-7-3-4-9-18(16)20/h3-4,7,9,12-13,15,20H,5-6,8,10-11,14H2,1-2H3,(H,24,26). The van der Waals surface area contributed by atoms with Gasteiger partial charge in [-0.2, -0.15) is 0 Å². The topological polar surface area (TPSA) is 75.7 Å². The van der Waals surface area contributed by atoms with Crippen LogP contribution >= 0.6 is 11.6 Å². The molecule has 1 N–H and O–H groups in total. The molecule has 0 spiro atoms. The van der Waals surface area contributed by atoms with Gasteiger partial charge >= 0.3 is 0 Å². The summed E-state index contributed by atoms with van der Waals surface area (Å²) in [6.07, 6.45) is 4.79. The molecular weight excluding hydrogens is 424 g/mol. The van der Waals surface area contributed by atoms with Crippen molar-refractivity contribution in [1.82, 2.24) is 5.32 Å². The lowest BCUT2D eigenvalue weighted by Gasteiger charge is -2.27. The van der Waals surface area contributed by atoms with Crippen LogP contribution in [0.4, 0.5) is 5.69 Å².